The van der Waals surface area contributed by atoms with Crippen molar-refractivity contribution in [1.29, 1.82) is 0 Å². The summed E-state index contributed by atoms with van der Waals surface area (Å²) < 4.78 is 0. The van der Waals surface area contributed by atoms with E-state index in [4.69, 9.17) is 0 Å². The Bertz CT molecular complexity index is 202. The van der Waals surface area contributed by atoms with Crippen LogP contribution in [0.4, 0.5) is 0 Å². The lowest BCUT2D eigenvalue weighted by atomic mass is 10.0. The molecule has 0 aromatic heterocycles. The third kappa shape index (κ3) is 3.43. The maximum atomic E-state index is 3.29. The second kappa shape index (κ2) is 5.52. The lowest BCUT2D eigenvalue weighted by Gasteiger charge is -2.26. The normalized spacial score (nSPS) is 18.2. The average molecular weight is 196 g/mol. The van der Waals surface area contributed by atoms with Crippen LogP contribution in [0.5, 0.6) is 0 Å². The zero-order valence-corrected chi connectivity index (χ0v) is 10.1. The molecule has 82 valence electrons. The Morgan fingerprint density at radius 3 is 2.57 bits per heavy atom. The molecule has 0 aliphatic carbocycles. The van der Waals surface area contributed by atoms with E-state index in [1.807, 2.05) is 0 Å². The van der Waals surface area contributed by atoms with E-state index in [-0.39, 0.29) is 0 Å². The predicted molar refractivity (Wildman–Crippen MR) is 62.5 cm³/mol. The summed E-state index contributed by atoms with van der Waals surface area (Å²) in [6, 6.07) is 0. The molecule has 1 saturated heterocycles. The number of hydrogen-bond acceptors (Lipinski definition) is 2. The van der Waals surface area contributed by atoms with Gasteiger partial charge < -0.3 is 10.2 Å². The first kappa shape index (κ1) is 11.7. The van der Waals surface area contributed by atoms with E-state index >= 15 is 0 Å². The fourth-order valence-electron chi connectivity index (χ4n) is 1.79. The highest BCUT2D eigenvalue weighted by Crippen LogP contribution is 2.11. The topological polar surface area (TPSA) is 15.3 Å². The lowest BCUT2D eigenvalue weighted by Crippen LogP contribution is -2.36. The van der Waals surface area contributed by atoms with E-state index in [9.17, 15) is 0 Å². The maximum Gasteiger partial charge on any atom is 0.0190 e. The van der Waals surface area contributed by atoms with Gasteiger partial charge in [0.25, 0.3) is 0 Å². The number of rotatable bonds is 5. The molecule has 1 aliphatic rings. The van der Waals surface area contributed by atoms with E-state index in [2.05, 4.69) is 38.0 Å². The van der Waals surface area contributed by atoms with Crippen molar-refractivity contribution < 1.29 is 0 Å². The highest BCUT2D eigenvalue weighted by molar-refractivity contribution is 5.22. The molecule has 14 heavy (non-hydrogen) atoms. The molecule has 0 aromatic carbocycles. The first-order valence-electron chi connectivity index (χ1n) is 5.70. The van der Waals surface area contributed by atoms with Crippen molar-refractivity contribution in [3.05, 3.63) is 11.1 Å². The quantitative estimate of drug-likeness (QED) is 0.675. The van der Waals surface area contributed by atoms with Crippen molar-refractivity contribution in [2.24, 2.45) is 5.92 Å². The molecule has 0 radical (unpaired) electrons. The number of nitrogens with one attached hydrogen (secondary N) is 1. The van der Waals surface area contributed by atoms with E-state index in [1.54, 1.807) is 11.1 Å². The molecule has 0 saturated carbocycles. The van der Waals surface area contributed by atoms with Gasteiger partial charge in [0, 0.05) is 26.2 Å². The van der Waals surface area contributed by atoms with Crippen LogP contribution in [0.25, 0.3) is 0 Å². The molecule has 1 unspecified atom stereocenters. The molecule has 2 nitrogen and oxygen atoms in total. The Kier molecular flexibility index (Phi) is 4.63. The predicted octanol–water partition coefficient (Wildman–Crippen LogP) is 1.88. The van der Waals surface area contributed by atoms with Gasteiger partial charge in [-0.25, -0.2) is 0 Å². The Hall–Kier alpha value is -0.340. The molecule has 1 fully saturated rings. The highest BCUT2D eigenvalue weighted by Gasteiger charge is 2.12. The van der Waals surface area contributed by atoms with Crippen LogP contribution in [0.3, 0.4) is 0 Å². The van der Waals surface area contributed by atoms with E-state index in [0.29, 0.717) is 0 Å². The van der Waals surface area contributed by atoms with Gasteiger partial charge >= 0.3 is 0 Å². The molecule has 1 atom stereocenters. The third-order valence-corrected chi connectivity index (χ3v) is 3.11. The summed E-state index contributed by atoms with van der Waals surface area (Å²) in [5.41, 5.74) is 3.18. The first-order chi connectivity index (χ1) is 6.63. The number of hydrogen-bond donors (Lipinski definition) is 1. The SMILES string of the molecule is CCC(C)CN(C)CC(C)=C1CNC1. The number of nitrogens with zero attached hydrogens (tertiary/aromatic N) is 1. The van der Waals surface area contributed by atoms with E-state index in [1.165, 1.54) is 13.0 Å². The molecule has 2 heteroatoms. The minimum Gasteiger partial charge on any atom is -0.309 e. The van der Waals surface area contributed by atoms with Crippen molar-refractivity contribution in [1.82, 2.24) is 10.2 Å². The highest BCUT2D eigenvalue weighted by atomic mass is 15.1. The summed E-state index contributed by atoms with van der Waals surface area (Å²) in [5.74, 6) is 0.817. The van der Waals surface area contributed by atoms with Gasteiger partial charge in [0.15, 0.2) is 0 Å². The van der Waals surface area contributed by atoms with Crippen LogP contribution in [0.2, 0.25) is 0 Å². The van der Waals surface area contributed by atoms with Crippen LogP contribution < -0.4 is 5.32 Å². The molecular weight excluding hydrogens is 172 g/mol. The molecule has 0 amide bonds. The molecule has 1 N–H and O–H groups in total. The summed E-state index contributed by atoms with van der Waals surface area (Å²) in [6.45, 7) is 11.4. The van der Waals surface area contributed by atoms with E-state index < -0.39 is 0 Å². The fraction of sp³-hybridized carbons (Fsp3) is 0.833. The molecular formula is C12H24N2. The van der Waals surface area contributed by atoms with Crippen LogP contribution in [0, 0.1) is 5.92 Å². The first-order valence-corrected chi connectivity index (χ1v) is 5.70. The van der Waals surface area contributed by atoms with Gasteiger partial charge in [0.2, 0.25) is 0 Å². The van der Waals surface area contributed by atoms with Crippen LogP contribution in [0.15, 0.2) is 11.1 Å². The van der Waals surface area contributed by atoms with Crippen molar-refractivity contribution in [3.63, 3.8) is 0 Å². The second-order valence-electron chi connectivity index (χ2n) is 4.70. The van der Waals surface area contributed by atoms with Gasteiger partial charge in [-0.05, 0) is 25.5 Å². The summed E-state index contributed by atoms with van der Waals surface area (Å²) in [7, 11) is 2.22. The van der Waals surface area contributed by atoms with Gasteiger partial charge in [0.1, 0.15) is 0 Å². The summed E-state index contributed by atoms with van der Waals surface area (Å²) in [6.07, 6.45) is 1.28. The summed E-state index contributed by atoms with van der Waals surface area (Å²) in [4.78, 5) is 2.44. The van der Waals surface area contributed by atoms with Crippen LogP contribution >= 0.6 is 0 Å². The standard InChI is InChI=1S/C12H24N2/c1-5-10(2)8-14(4)9-11(3)12-6-13-7-12/h10,13H,5-9H2,1-4H3. The van der Waals surface area contributed by atoms with Crippen LogP contribution in [-0.2, 0) is 0 Å². The van der Waals surface area contributed by atoms with Gasteiger partial charge in [-0.15, -0.1) is 0 Å². The number of likely N-dealkylation sites (N-methyl/N-ethyl adjacent to an activating group) is 1. The minimum absolute atomic E-state index is 0.817. The largest absolute Gasteiger partial charge is 0.309 e. The monoisotopic (exact) mass is 196 g/mol. The van der Waals surface area contributed by atoms with Gasteiger partial charge in [0.05, 0.1) is 0 Å². The second-order valence-corrected chi connectivity index (χ2v) is 4.70. The van der Waals surface area contributed by atoms with Crippen molar-refractivity contribution in [2.75, 3.05) is 33.2 Å². The smallest absolute Gasteiger partial charge is 0.0190 e. The zero-order chi connectivity index (χ0) is 10.6. The van der Waals surface area contributed by atoms with Crippen LogP contribution in [-0.4, -0.2) is 38.1 Å². The Balaban J connectivity index is 2.29. The molecule has 1 rings (SSSR count). The van der Waals surface area contributed by atoms with Crippen molar-refractivity contribution >= 4 is 0 Å². The van der Waals surface area contributed by atoms with Gasteiger partial charge in [-0.3, -0.25) is 0 Å². The minimum atomic E-state index is 0.817. The maximum absolute atomic E-state index is 3.29. The van der Waals surface area contributed by atoms with Crippen molar-refractivity contribution in [3.8, 4) is 0 Å². The van der Waals surface area contributed by atoms with Gasteiger partial charge in [-0.2, -0.15) is 0 Å². The van der Waals surface area contributed by atoms with Crippen LogP contribution in [0.1, 0.15) is 27.2 Å². The lowest BCUT2D eigenvalue weighted by molar-refractivity contribution is 0.300. The summed E-state index contributed by atoms with van der Waals surface area (Å²) >= 11 is 0. The molecule has 0 aromatic rings. The van der Waals surface area contributed by atoms with Crippen molar-refractivity contribution in [2.45, 2.75) is 27.2 Å². The Morgan fingerprint density at radius 2 is 2.14 bits per heavy atom. The third-order valence-electron chi connectivity index (χ3n) is 3.11. The molecule has 0 spiro atoms. The van der Waals surface area contributed by atoms with E-state index in [0.717, 1.165) is 25.6 Å². The average Bonchev–Trinajstić information content (AvgIpc) is 1.99. The molecule has 1 aliphatic heterocycles. The Morgan fingerprint density at radius 1 is 1.50 bits per heavy atom. The molecule has 0 bridgehead atoms. The van der Waals surface area contributed by atoms with Gasteiger partial charge in [-0.1, -0.05) is 25.8 Å². The summed E-state index contributed by atoms with van der Waals surface area (Å²) in [5, 5.41) is 3.29. The molecule has 1 heterocycles. The fourth-order valence-corrected chi connectivity index (χ4v) is 1.79. The zero-order valence-electron chi connectivity index (χ0n) is 10.1. The Labute approximate surface area is 88.4 Å².